The zero-order chi connectivity index (χ0) is 25.2. The van der Waals surface area contributed by atoms with Crippen LogP contribution in [0.2, 0.25) is 0 Å². The number of nitrogens with zero attached hydrogens (tertiary/aromatic N) is 4. The molecule has 0 aliphatic rings. The zero-order valence-electron chi connectivity index (χ0n) is 18.2. The van der Waals surface area contributed by atoms with Gasteiger partial charge in [0.2, 0.25) is 0 Å². The highest BCUT2D eigenvalue weighted by Gasteiger charge is 2.31. The van der Waals surface area contributed by atoms with Crippen molar-refractivity contribution in [3.8, 4) is 17.1 Å². The first-order valence-electron chi connectivity index (χ1n) is 10.3. The fourth-order valence-electron chi connectivity index (χ4n) is 3.41. The van der Waals surface area contributed by atoms with E-state index in [2.05, 4.69) is 10.1 Å². The molecule has 35 heavy (non-hydrogen) atoms. The summed E-state index contributed by atoms with van der Waals surface area (Å²) in [7, 11) is 0. The lowest BCUT2D eigenvalue weighted by Gasteiger charge is -2.12. The van der Waals surface area contributed by atoms with Crippen LogP contribution in [0.3, 0.4) is 0 Å². The molecule has 0 amide bonds. The van der Waals surface area contributed by atoms with E-state index >= 15 is 0 Å². The molecular formula is C24H17F3N4O4. The fraction of sp³-hybridized carbons (Fsp3) is 0.125. The number of nitro groups is 1. The maximum atomic E-state index is 13.3. The highest BCUT2D eigenvalue weighted by atomic mass is 19.4. The van der Waals surface area contributed by atoms with Crippen LogP contribution in [0.15, 0.2) is 76.6 Å². The normalized spacial score (nSPS) is 11.8. The molecule has 0 N–H and O–H groups in total. The van der Waals surface area contributed by atoms with Gasteiger partial charge in [-0.2, -0.15) is 22.9 Å². The van der Waals surface area contributed by atoms with Crippen molar-refractivity contribution in [2.24, 2.45) is 5.10 Å². The van der Waals surface area contributed by atoms with Gasteiger partial charge in [-0.15, -0.1) is 0 Å². The molecular weight excluding hydrogens is 465 g/mol. The number of hydrogen-bond donors (Lipinski definition) is 0. The number of halogens is 3. The standard InChI is InChI=1S/C24H17F3N4O4/c1-2-35-21-11-10-15(12-20(21)31(33)34)14-28-30-22(16-6-5-7-17(13-16)24(25,26)27)29-19-9-4-3-8-18(19)23(30)32/h3-14H,2H2,1H3. The molecule has 0 saturated carbocycles. The molecule has 1 heterocycles. The Morgan fingerprint density at radius 1 is 1.11 bits per heavy atom. The third-order valence-corrected chi connectivity index (χ3v) is 5.00. The Hall–Kier alpha value is -4.54. The summed E-state index contributed by atoms with van der Waals surface area (Å²) in [5.74, 6) is -0.0414. The van der Waals surface area contributed by atoms with Crippen molar-refractivity contribution >= 4 is 22.8 Å². The number of benzene rings is 3. The summed E-state index contributed by atoms with van der Waals surface area (Å²) in [5.41, 5.74) is -1.23. The molecule has 11 heteroatoms. The number of ether oxygens (including phenoxy) is 1. The second-order valence-corrected chi connectivity index (χ2v) is 7.31. The van der Waals surface area contributed by atoms with E-state index in [1.165, 1.54) is 42.6 Å². The van der Waals surface area contributed by atoms with Crippen molar-refractivity contribution in [2.45, 2.75) is 13.1 Å². The molecule has 4 aromatic rings. The second kappa shape index (κ2) is 9.37. The van der Waals surface area contributed by atoms with Crippen LogP contribution in [0.5, 0.6) is 5.75 Å². The van der Waals surface area contributed by atoms with Gasteiger partial charge in [-0.05, 0) is 43.3 Å². The molecule has 0 saturated heterocycles. The largest absolute Gasteiger partial charge is 0.487 e. The SMILES string of the molecule is CCOc1ccc(C=Nn2c(-c3cccc(C(F)(F)F)c3)nc3ccccc3c2=O)cc1[N+](=O)[O-]. The lowest BCUT2D eigenvalue weighted by molar-refractivity contribution is -0.385. The Labute approximate surface area is 196 Å². The lowest BCUT2D eigenvalue weighted by Crippen LogP contribution is -2.20. The molecule has 0 aliphatic carbocycles. The molecule has 0 aliphatic heterocycles. The third kappa shape index (κ3) is 4.88. The van der Waals surface area contributed by atoms with Crippen LogP contribution in [-0.2, 0) is 6.18 Å². The molecule has 3 aromatic carbocycles. The molecule has 0 atom stereocenters. The average molecular weight is 482 g/mol. The first-order valence-corrected chi connectivity index (χ1v) is 10.3. The van der Waals surface area contributed by atoms with Crippen molar-refractivity contribution in [3.63, 3.8) is 0 Å². The monoisotopic (exact) mass is 482 g/mol. The molecule has 0 bridgehead atoms. The van der Waals surface area contributed by atoms with Gasteiger partial charge in [0.25, 0.3) is 5.56 Å². The number of aromatic nitrogens is 2. The minimum atomic E-state index is -4.59. The molecule has 0 radical (unpaired) electrons. The maximum Gasteiger partial charge on any atom is 0.416 e. The van der Waals surface area contributed by atoms with E-state index in [1.54, 1.807) is 25.1 Å². The predicted molar refractivity (Wildman–Crippen MR) is 124 cm³/mol. The topological polar surface area (TPSA) is 99.6 Å². The molecule has 0 fully saturated rings. The number of para-hydroxylation sites is 1. The van der Waals surface area contributed by atoms with Gasteiger partial charge in [-0.1, -0.05) is 24.3 Å². The van der Waals surface area contributed by atoms with Crippen LogP contribution >= 0.6 is 0 Å². The van der Waals surface area contributed by atoms with Gasteiger partial charge < -0.3 is 4.74 Å². The van der Waals surface area contributed by atoms with Crippen molar-refractivity contribution in [3.05, 3.63) is 98.3 Å². The minimum absolute atomic E-state index is 0.0255. The van der Waals surface area contributed by atoms with Crippen LogP contribution in [0.4, 0.5) is 18.9 Å². The van der Waals surface area contributed by atoms with Crippen LogP contribution in [-0.4, -0.2) is 27.4 Å². The second-order valence-electron chi connectivity index (χ2n) is 7.31. The fourth-order valence-corrected chi connectivity index (χ4v) is 3.41. The summed E-state index contributed by atoms with van der Waals surface area (Å²) in [6, 6.07) is 14.9. The van der Waals surface area contributed by atoms with Crippen molar-refractivity contribution < 1.29 is 22.8 Å². The van der Waals surface area contributed by atoms with Crippen molar-refractivity contribution in [2.75, 3.05) is 6.61 Å². The maximum absolute atomic E-state index is 13.3. The van der Waals surface area contributed by atoms with E-state index in [0.717, 1.165) is 16.8 Å². The average Bonchev–Trinajstić information content (AvgIpc) is 2.83. The van der Waals surface area contributed by atoms with Gasteiger partial charge in [-0.25, -0.2) is 4.98 Å². The first-order chi connectivity index (χ1) is 16.7. The quantitative estimate of drug-likeness (QED) is 0.212. The summed E-state index contributed by atoms with van der Waals surface area (Å²) >= 11 is 0. The number of hydrogen-bond acceptors (Lipinski definition) is 6. The summed E-state index contributed by atoms with van der Waals surface area (Å²) in [5, 5.41) is 15.7. The molecule has 0 spiro atoms. The van der Waals surface area contributed by atoms with Crippen molar-refractivity contribution in [1.82, 2.24) is 9.66 Å². The number of rotatable bonds is 6. The predicted octanol–water partition coefficient (Wildman–Crippen LogP) is 5.27. The van der Waals surface area contributed by atoms with E-state index in [4.69, 9.17) is 4.74 Å². The van der Waals surface area contributed by atoms with E-state index < -0.39 is 22.2 Å². The van der Waals surface area contributed by atoms with E-state index in [1.807, 2.05) is 0 Å². The third-order valence-electron chi connectivity index (χ3n) is 5.00. The summed E-state index contributed by atoms with van der Waals surface area (Å²) in [6.07, 6.45) is -3.40. The van der Waals surface area contributed by atoms with E-state index in [9.17, 15) is 28.1 Å². The number of alkyl halides is 3. The highest BCUT2D eigenvalue weighted by molar-refractivity contribution is 5.83. The molecule has 8 nitrogen and oxygen atoms in total. The van der Waals surface area contributed by atoms with Gasteiger partial charge >= 0.3 is 11.9 Å². The van der Waals surface area contributed by atoms with E-state index in [-0.39, 0.29) is 45.9 Å². The number of nitro benzene ring substituents is 1. The highest BCUT2D eigenvalue weighted by Crippen LogP contribution is 2.32. The van der Waals surface area contributed by atoms with Crippen LogP contribution in [0.1, 0.15) is 18.1 Å². The number of fused-ring (bicyclic) bond motifs is 1. The van der Waals surface area contributed by atoms with Gasteiger partial charge in [0, 0.05) is 17.2 Å². The molecule has 1 aromatic heterocycles. The van der Waals surface area contributed by atoms with Gasteiger partial charge in [0.05, 0.1) is 34.2 Å². The summed E-state index contributed by atoms with van der Waals surface area (Å²) in [4.78, 5) is 28.4. The Kier molecular flexibility index (Phi) is 6.32. The minimum Gasteiger partial charge on any atom is -0.487 e. The Morgan fingerprint density at radius 2 is 1.89 bits per heavy atom. The van der Waals surface area contributed by atoms with Gasteiger partial charge in [-0.3, -0.25) is 14.9 Å². The van der Waals surface area contributed by atoms with Gasteiger partial charge in [0.15, 0.2) is 11.6 Å². The zero-order valence-corrected chi connectivity index (χ0v) is 18.2. The Balaban J connectivity index is 1.89. The van der Waals surface area contributed by atoms with Crippen LogP contribution in [0, 0.1) is 10.1 Å². The summed E-state index contributed by atoms with van der Waals surface area (Å²) < 4.78 is 46.0. The first kappa shape index (κ1) is 23.6. The van der Waals surface area contributed by atoms with Crippen molar-refractivity contribution in [1.29, 1.82) is 0 Å². The Morgan fingerprint density at radius 3 is 2.60 bits per heavy atom. The van der Waals surface area contributed by atoms with Crippen LogP contribution < -0.4 is 10.3 Å². The van der Waals surface area contributed by atoms with Gasteiger partial charge in [0.1, 0.15) is 0 Å². The summed E-state index contributed by atoms with van der Waals surface area (Å²) in [6.45, 7) is 1.92. The smallest absolute Gasteiger partial charge is 0.416 e. The Bertz CT molecular complexity index is 1510. The molecule has 0 unspecified atom stereocenters. The van der Waals surface area contributed by atoms with Crippen LogP contribution in [0.25, 0.3) is 22.3 Å². The molecule has 4 rings (SSSR count). The molecule has 178 valence electrons. The lowest BCUT2D eigenvalue weighted by atomic mass is 10.1. The van der Waals surface area contributed by atoms with E-state index in [0.29, 0.717) is 0 Å².